The number of nitrogens with one attached hydrogen (secondary N) is 1. The lowest BCUT2D eigenvalue weighted by atomic mass is 10.0. The van der Waals surface area contributed by atoms with E-state index in [1.165, 1.54) is 43.5 Å². The number of rotatable bonds is 7. The van der Waals surface area contributed by atoms with Crippen molar-refractivity contribution < 1.29 is 4.74 Å². The smallest absolute Gasteiger partial charge is 0.319 e. The van der Waals surface area contributed by atoms with Gasteiger partial charge in [-0.15, -0.1) is 0 Å². The Morgan fingerprint density at radius 3 is 2.57 bits per heavy atom. The average Bonchev–Trinajstić information content (AvgIpc) is 3.12. The van der Waals surface area contributed by atoms with Crippen molar-refractivity contribution in [1.82, 2.24) is 19.9 Å². The van der Waals surface area contributed by atoms with Crippen molar-refractivity contribution in [2.45, 2.75) is 45.6 Å². The highest BCUT2D eigenvalue weighted by Crippen LogP contribution is 2.25. The van der Waals surface area contributed by atoms with Crippen molar-refractivity contribution >= 4 is 16.9 Å². The third kappa shape index (κ3) is 4.28. The van der Waals surface area contributed by atoms with E-state index in [1.54, 1.807) is 0 Å². The highest BCUT2D eigenvalue weighted by molar-refractivity contribution is 5.87. The molecule has 1 fully saturated rings. The van der Waals surface area contributed by atoms with Gasteiger partial charge in [-0.1, -0.05) is 37.6 Å². The van der Waals surface area contributed by atoms with Crippen molar-refractivity contribution in [1.29, 1.82) is 0 Å². The van der Waals surface area contributed by atoms with Crippen LogP contribution in [0.5, 0.6) is 6.01 Å². The third-order valence-corrected chi connectivity index (χ3v) is 5.32. The van der Waals surface area contributed by atoms with Gasteiger partial charge in [0.1, 0.15) is 11.0 Å². The van der Waals surface area contributed by atoms with Gasteiger partial charge in [0, 0.05) is 24.7 Å². The number of nitrogens with two attached hydrogens (primary N) is 1. The number of nitrogens with zero attached hydrogens (tertiary/aromatic N) is 3. The minimum absolute atomic E-state index is 0.351. The normalized spacial score (nSPS) is 15.2. The molecule has 0 saturated carbocycles. The van der Waals surface area contributed by atoms with E-state index >= 15 is 0 Å². The number of benzene rings is 1. The molecule has 1 aliphatic rings. The summed E-state index contributed by atoms with van der Waals surface area (Å²) in [4.78, 5) is 14.6. The molecule has 28 heavy (non-hydrogen) atoms. The Kier molecular flexibility index (Phi) is 5.76. The maximum Gasteiger partial charge on any atom is 0.319 e. The molecule has 6 nitrogen and oxygen atoms in total. The predicted octanol–water partition coefficient (Wildman–Crippen LogP) is 3.91. The Morgan fingerprint density at radius 2 is 1.82 bits per heavy atom. The van der Waals surface area contributed by atoms with Crippen LogP contribution in [-0.2, 0) is 13.0 Å². The molecule has 0 unspecified atom stereocenters. The zero-order chi connectivity index (χ0) is 19.3. The second kappa shape index (κ2) is 8.61. The van der Waals surface area contributed by atoms with Crippen LogP contribution < -0.4 is 10.5 Å². The first-order valence-corrected chi connectivity index (χ1v) is 10.3. The molecule has 0 aliphatic carbocycles. The molecule has 0 radical (unpaired) electrons. The standard InChI is InChI=1S/C22H29N5O/c1-2-12-28-22-25-19-18(14-24-20(19)21(23)26-22)13-16-6-8-17(9-7-16)15-27-10-4-3-5-11-27/h6-9,14,24H,2-5,10-13,15H2,1H3,(H2,23,25,26). The van der Waals surface area contributed by atoms with Gasteiger partial charge in [-0.25, -0.2) is 0 Å². The van der Waals surface area contributed by atoms with Crippen LogP contribution in [-0.4, -0.2) is 39.5 Å². The zero-order valence-corrected chi connectivity index (χ0v) is 16.6. The van der Waals surface area contributed by atoms with Crippen molar-refractivity contribution in [2.75, 3.05) is 25.4 Å². The molecule has 4 rings (SSSR count). The fourth-order valence-corrected chi connectivity index (χ4v) is 3.81. The van der Waals surface area contributed by atoms with Gasteiger partial charge in [0.15, 0.2) is 5.82 Å². The lowest BCUT2D eigenvalue weighted by Crippen LogP contribution is -2.29. The molecule has 0 amide bonds. The summed E-state index contributed by atoms with van der Waals surface area (Å²) in [5.74, 6) is 0.430. The molecule has 6 heteroatoms. The Bertz CT molecular complexity index is 913. The second-order valence-electron chi connectivity index (χ2n) is 7.61. The van der Waals surface area contributed by atoms with Crippen LogP contribution in [0.4, 0.5) is 5.82 Å². The van der Waals surface area contributed by atoms with Crippen LogP contribution in [0.15, 0.2) is 30.5 Å². The molecule has 0 atom stereocenters. The molecule has 3 heterocycles. The van der Waals surface area contributed by atoms with E-state index in [1.807, 2.05) is 6.20 Å². The van der Waals surface area contributed by atoms with Gasteiger partial charge < -0.3 is 15.5 Å². The van der Waals surface area contributed by atoms with Gasteiger partial charge in [-0.3, -0.25) is 4.90 Å². The number of hydrogen-bond donors (Lipinski definition) is 2. The molecule has 0 spiro atoms. The SMILES string of the molecule is CCCOc1nc(N)c2[nH]cc(Cc3ccc(CN4CCCCC4)cc3)c2n1. The molecule has 148 valence electrons. The lowest BCUT2D eigenvalue weighted by Gasteiger charge is -2.26. The van der Waals surface area contributed by atoms with Crippen LogP contribution >= 0.6 is 0 Å². The second-order valence-corrected chi connectivity index (χ2v) is 7.61. The predicted molar refractivity (Wildman–Crippen MR) is 112 cm³/mol. The monoisotopic (exact) mass is 379 g/mol. The molecule has 1 aliphatic heterocycles. The maximum atomic E-state index is 6.08. The Balaban J connectivity index is 1.48. The van der Waals surface area contributed by atoms with E-state index in [4.69, 9.17) is 10.5 Å². The molecular formula is C22H29N5O. The molecule has 3 aromatic rings. The number of nitrogen functional groups attached to an aromatic ring is 1. The molecule has 1 saturated heterocycles. The Morgan fingerprint density at radius 1 is 1.07 bits per heavy atom. The van der Waals surface area contributed by atoms with Gasteiger partial charge in [0.2, 0.25) is 0 Å². The summed E-state index contributed by atoms with van der Waals surface area (Å²) >= 11 is 0. The largest absolute Gasteiger partial charge is 0.463 e. The number of ether oxygens (including phenoxy) is 1. The summed E-state index contributed by atoms with van der Waals surface area (Å²) in [5.41, 5.74) is 11.4. The minimum Gasteiger partial charge on any atom is -0.463 e. The summed E-state index contributed by atoms with van der Waals surface area (Å²) in [5, 5.41) is 0. The number of likely N-dealkylation sites (tertiary alicyclic amines) is 1. The molecule has 1 aromatic carbocycles. The van der Waals surface area contributed by atoms with Crippen LogP contribution in [0.25, 0.3) is 11.0 Å². The number of H-pyrrole nitrogens is 1. The number of aromatic amines is 1. The van der Waals surface area contributed by atoms with Crippen molar-refractivity contribution in [3.05, 3.63) is 47.2 Å². The van der Waals surface area contributed by atoms with E-state index in [9.17, 15) is 0 Å². The van der Waals surface area contributed by atoms with E-state index in [2.05, 4.69) is 51.0 Å². The van der Waals surface area contributed by atoms with Crippen molar-refractivity contribution in [2.24, 2.45) is 0 Å². The lowest BCUT2D eigenvalue weighted by molar-refractivity contribution is 0.221. The van der Waals surface area contributed by atoms with E-state index in [0.29, 0.717) is 18.4 Å². The Hall–Kier alpha value is -2.60. The number of fused-ring (bicyclic) bond motifs is 1. The fourth-order valence-electron chi connectivity index (χ4n) is 3.81. The molecular weight excluding hydrogens is 350 g/mol. The third-order valence-electron chi connectivity index (χ3n) is 5.32. The zero-order valence-electron chi connectivity index (χ0n) is 16.6. The number of anilines is 1. The summed E-state index contributed by atoms with van der Waals surface area (Å²) in [6, 6.07) is 9.29. The number of hydrogen-bond acceptors (Lipinski definition) is 5. The van der Waals surface area contributed by atoms with Crippen LogP contribution in [0.3, 0.4) is 0 Å². The van der Waals surface area contributed by atoms with E-state index in [0.717, 1.165) is 36.0 Å². The van der Waals surface area contributed by atoms with Gasteiger partial charge in [-0.2, -0.15) is 9.97 Å². The quantitative estimate of drug-likeness (QED) is 0.651. The highest BCUT2D eigenvalue weighted by atomic mass is 16.5. The maximum absolute atomic E-state index is 6.08. The number of piperidine rings is 1. The first-order chi connectivity index (χ1) is 13.7. The molecule has 2 aromatic heterocycles. The van der Waals surface area contributed by atoms with E-state index < -0.39 is 0 Å². The van der Waals surface area contributed by atoms with Crippen LogP contribution in [0.2, 0.25) is 0 Å². The summed E-state index contributed by atoms with van der Waals surface area (Å²) in [6.07, 6.45) is 7.71. The van der Waals surface area contributed by atoms with Gasteiger partial charge >= 0.3 is 6.01 Å². The Labute approximate surface area is 166 Å². The highest BCUT2D eigenvalue weighted by Gasteiger charge is 2.13. The van der Waals surface area contributed by atoms with E-state index in [-0.39, 0.29) is 0 Å². The number of aromatic nitrogens is 3. The van der Waals surface area contributed by atoms with Gasteiger partial charge in [-0.05, 0) is 43.5 Å². The fraction of sp³-hybridized carbons (Fsp3) is 0.455. The molecule has 0 bridgehead atoms. The summed E-state index contributed by atoms with van der Waals surface area (Å²) < 4.78 is 5.59. The van der Waals surface area contributed by atoms with Crippen molar-refractivity contribution in [3.63, 3.8) is 0 Å². The topological polar surface area (TPSA) is 80.1 Å². The molecule has 3 N–H and O–H groups in total. The van der Waals surface area contributed by atoms with Gasteiger partial charge in [0.25, 0.3) is 0 Å². The average molecular weight is 380 g/mol. The summed E-state index contributed by atoms with van der Waals surface area (Å²) in [6.45, 7) is 6.14. The van der Waals surface area contributed by atoms with Crippen LogP contribution in [0, 0.1) is 0 Å². The van der Waals surface area contributed by atoms with Crippen LogP contribution in [0.1, 0.15) is 49.3 Å². The minimum atomic E-state index is 0.351. The first-order valence-electron chi connectivity index (χ1n) is 10.3. The van der Waals surface area contributed by atoms with Gasteiger partial charge in [0.05, 0.1) is 6.61 Å². The van der Waals surface area contributed by atoms with Crippen molar-refractivity contribution in [3.8, 4) is 6.01 Å². The summed E-state index contributed by atoms with van der Waals surface area (Å²) in [7, 11) is 0. The first kappa shape index (κ1) is 18.7.